The first-order valence-electron chi connectivity index (χ1n) is 8.90. The molecule has 1 amide bonds. The molecule has 1 aromatic carbocycles. The van der Waals surface area contributed by atoms with Crippen LogP contribution in [0.5, 0.6) is 0 Å². The van der Waals surface area contributed by atoms with Crippen molar-refractivity contribution in [2.24, 2.45) is 0 Å². The van der Waals surface area contributed by atoms with E-state index in [4.69, 9.17) is 10.1 Å². The van der Waals surface area contributed by atoms with Gasteiger partial charge < -0.3 is 5.32 Å². The zero-order chi connectivity index (χ0) is 17.1. The molecule has 0 radical (unpaired) electrons. The molecule has 0 bridgehead atoms. The standard InChI is InChI=1S/C20H20N4O/c1-11-8-14(9-13-10-17(25)22-18(11)13)20-19-16(7-6-12(2)21-19)23-24(20)15-4-3-5-15/h6-9,15H,3-5,10H2,1-2H3,(H,22,25). The van der Waals surface area contributed by atoms with Crippen molar-refractivity contribution in [1.82, 2.24) is 14.8 Å². The van der Waals surface area contributed by atoms with Gasteiger partial charge in [-0.1, -0.05) is 0 Å². The molecule has 3 aromatic rings. The first kappa shape index (κ1) is 14.6. The third-order valence-corrected chi connectivity index (χ3v) is 5.41. The van der Waals surface area contributed by atoms with Crippen molar-refractivity contribution in [3.8, 4) is 11.3 Å². The Morgan fingerprint density at radius 2 is 2.04 bits per heavy atom. The van der Waals surface area contributed by atoms with Gasteiger partial charge in [0.1, 0.15) is 11.0 Å². The molecule has 5 rings (SSSR count). The summed E-state index contributed by atoms with van der Waals surface area (Å²) < 4.78 is 2.17. The smallest absolute Gasteiger partial charge is 0.228 e. The summed E-state index contributed by atoms with van der Waals surface area (Å²) in [6.45, 7) is 4.07. The molecular formula is C20H20N4O. The van der Waals surface area contributed by atoms with Crippen LogP contribution in [0, 0.1) is 13.8 Å². The molecule has 25 heavy (non-hydrogen) atoms. The summed E-state index contributed by atoms with van der Waals surface area (Å²) in [5, 5.41) is 7.83. The van der Waals surface area contributed by atoms with Crippen molar-refractivity contribution >= 4 is 22.6 Å². The Morgan fingerprint density at radius 3 is 2.80 bits per heavy atom. The number of nitrogens with one attached hydrogen (secondary N) is 1. The number of amides is 1. The number of benzene rings is 1. The summed E-state index contributed by atoms with van der Waals surface area (Å²) in [7, 11) is 0. The van der Waals surface area contributed by atoms with E-state index in [0.29, 0.717) is 12.5 Å². The summed E-state index contributed by atoms with van der Waals surface area (Å²) in [4.78, 5) is 16.6. The highest BCUT2D eigenvalue weighted by Gasteiger charge is 2.27. The molecule has 5 heteroatoms. The van der Waals surface area contributed by atoms with Crippen molar-refractivity contribution in [2.75, 3.05) is 5.32 Å². The second-order valence-electron chi connectivity index (χ2n) is 7.25. The molecule has 1 N–H and O–H groups in total. The van der Waals surface area contributed by atoms with Gasteiger partial charge in [-0.25, -0.2) is 4.98 Å². The van der Waals surface area contributed by atoms with Crippen molar-refractivity contribution in [3.05, 3.63) is 41.1 Å². The fourth-order valence-corrected chi connectivity index (χ4v) is 3.92. The topological polar surface area (TPSA) is 59.8 Å². The summed E-state index contributed by atoms with van der Waals surface area (Å²) >= 11 is 0. The van der Waals surface area contributed by atoms with Gasteiger partial charge in [-0.2, -0.15) is 5.10 Å². The molecule has 0 spiro atoms. The average molecular weight is 332 g/mol. The fraction of sp³-hybridized carbons (Fsp3) is 0.350. The van der Waals surface area contributed by atoms with E-state index in [1.807, 2.05) is 13.0 Å². The Labute approximate surface area is 146 Å². The lowest BCUT2D eigenvalue weighted by Gasteiger charge is -2.27. The number of carbonyl (C=O) groups is 1. The van der Waals surface area contributed by atoms with E-state index in [1.165, 1.54) is 19.3 Å². The Bertz CT molecular complexity index is 1030. The number of aromatic nitrogens is 3. The molecule has 1 aliphatic heterocycles. The quantitative estimate of drug-likeness (QED) is 0.773. The van der Waals surface area contributed by atoms with E-state index >= 15 is 0 Å². The van der Waals surface area contributed by atoms with Crippen LogP contribution in [0.2, 0.25) is 0 Å². The summed E-state index contributed by atoms with van der Waals surface area (Å²) in [6, 6.07) is 8.82. The summed E-state index contributed by atoms with van der Waals surface area (Å²) in [5.41, 5.74) is 8.24. The van der Waals surface area contributed by atoms with Gasteiger partial charge in [0.05, 0.1) is 18.2 Å². The van der Waals surface area contributed by atoms with E-state index in [0.717, 1.165) is 44.8 Å². The number of nitrogens with zero attached hydrogens (tertiary/aromatic N) is 3. The maximum atomic E-state index is 11.8. The van der Waals surface area contributed by atoms with E-state index in [-0.39, 0.29) is 5.91 Å². The van der Waals surface area contributed by atoms with Gasteiger partial charge >= 0.3 is 0 Å². The van der Waals surface area contributed by atoms with Crippen LogP contribution in [0.25, 0.3) is 22.3 Å². The van der Waals surface area contributed by atoms with Gasteiger partial charge in [0.25, 0.3) is 0 Å². The van der Waals surface area contributed by atoms with Gasteiger partial charge in [-0.05, 0) is 68.5 Å². The van der Waals surface area contributed by atoms with Gasteiger partial charge in [0.2, 0.25) is 5.91 Å². The van der Waals surface area contributed by atoms with Crippen LogP contribution in [0.15, 0.2) is 24.3 Å². The van der Waals surface area contributed by atoms with Crippen LogP contribution in [0.3, 0.4) is 0 Å². The Kier molecular flexibility index (Phi) is 3.02. The van der Waals surface area contributed by atoms with Crippen molar-refractivity contribution in [3.63, 3.8) is 0 Å². The molecular weight excluding hydrogens is 312 g/mol. The molecule has 2 aromatic heterocycles. The fourth-order valence-electron chi connectivity index (χ4n) is 3.92. The van der Waals surface area contributed by atoms with Gasteiger partial charge in [-0.3, -0.25) is 9.48 Å². The zero-order valence-corrected chi connectivity index (χ0v) is 14.5. The number of anilines is 1. The normalized spacial score (nSPS) is 16.8. The molecule has 1 saturated carbocycles. The lowest BCUT2D eigenvalue weighted by Crippen LogP contribution is -2.19. The maximum absolute atomic E-state index is 11.8. The second kappa shape index (κ2) is 5.15. The Hall–Kier alpha value is -2.69. The molecule has 0 saturated heterocycles. The van der Waals surface area contributed by atoms with Gasteiger partial charge in [-0.15, -0.1) is 0 Å². The van der Waals surface area contributed by atoms with Crippen LogP contribution in [0.1, 0.15) is 42.1 Å². The monoisotopic (exact) mass is 332 g/mol. The lowest BCUT2D eigenvalue weighted by molar-refractivity contribution is -0.115. The minimum atomic E-state index is 0.0709. The number of hydrogen-bond acceptors (Lipinski definition) is 3. The maximum Gasteiger partial charge on any atom is 0.228 e. The Morgan fingerprint density at radius 1 is 1.20 bits per heavy atom. The van der Waals surface area contributed by atoms with E-state index < -0.39 is 0 Å². The van der Waals surface area contributed by atoms with Crippen molar-refractivity contribution in [1.29, 1.82) is 0 Å². The molecule has 126 valence electrons. The molecule has 3 heterocycles. The average Bonchev–Trinajstić information content (AvgIpc) is 3.05. The number of rotatable bonds is 2. The third kappa shape index (κ3) is 2.18. The molecule has 1 aliphatic carbocycles. The number of pyridine rings is 1. The SMILES string of the molecule is Cc1ccc2nn(C3CCC3)c(-c3cc(C)c4c(c3)CC(=O)N4)c2n1. The van der Waals surface area contributed by atoms with Crippen molar-refractivity contribution < 1.29 is 4.79 Å². The predicted molar refractivity (Wildman–Crippen MR) is 97.7 cm³/mol. The van der Waals surface area contributed by atoms with Gasteiger partial charge in [0, 0.05) is 16.9 Å². The number of carbonyl (C=O) groups excluding carboxylic acids is 1. The first-order chi connectivity index (χ1) is 12.1. The largest absolute Gasteiger partial charge is 0.325 e. The van der Waals surface area contributed by atoms with Crippen LogP contribution >= 0.6 is 0 Å². The lowest BCUT2D eigenvalue weighted by atomic mass is 9.92. The third-order valence-electron chi connectivity index (χ3n) is 5.41. The van der Waals surface area contributed by atoms with E-state index in [1.54, 1.807) is 0 Å². The highest BCUT2D eigenvalue weighted by Crippen LogP contribution is 2.40. The molecule has 5 nitrogen and oxygen atoms in total. The number of hydrogen-bond donors (Lipinski definition) is 1. The molecule has 2 aliphatic rings. The predicted octanol–water partition coefficient (Wildman–Crippen LogP) is 3.93. The van der Waals surface area contributed by atoms with Crippen LogP contribution in [0.4, 0.5) is 5.69 Å². The molecule has 0 unspecified atom stereocenters. The van der Waals surface area contributed by atoms with E-state index in [2.05, 4.69) is 35.1 Å². The highest BCUT2D eigenvalue weighted by atomic mass is 16.1. The second-order valence-corrected chi connectivity index (χ2v) is 7.25. The first-order valence-corrected chi connectivity index (χ1v) is 8.90. The molecule has 1 fully saturated rings. The number of aryl methyl sites for hydroxylation is 2. The molecule has 0 atom stereocenters. The minimum Gasteiger partial charge on any atom is -0.325 e. The van der Waals surface area contributed by atoms with Crippen LogP contribution < -0.4 is 5.32 Å². The summed E-state index contributed by atoms with van der Waals surface area (Å²) in [6.07, 6.45) is 4.05. The van der Waals surface area contributed by atoms with Crippen LogP contribution in [-0.4, -0.2) is 20.7 Å². The van der Waals surface area contributed by atoms with Gasteiger partial charge in [0.15, 0.2) is 0 Å². The number of fused-ring (bicyclic) bond motifs is 2. The zero-order valence-electron chi connectivity index (χ0n) is 14.5. The highest BCUT2D eigenvalue weighted by molar-refractivity contribution is 6.01. The Balaban J connectivity index is 1.77. The van der Waals surface area contributed by atoms with E-state index in [9.17, 15) is 4.79 Å². The van der Waals surface area contributed by atoms with Crippen LogP contribution in [-0.2, 0) is 11.2 Å². The van der Waals surface area contributed by atoms with Crippen molar-refractivity contribution in [2.45, 2.75) is 45.6 Å². The minimum absolute atomic E-state index is 0.0709. The summed E-state index contributed by atoms with van der Waals surface area (Å²) in [5.74, 6) is 0.0709.